The summed E-state index contributed by atoms with van der Waals surface area (Å²) in [6.45, 7) is 13.4. The SMILES string of the molecule is CCCCN(Cc1cccn1C)C(=O)CN(C(=O)C(C)(C)C)[C@H](C)CC. The maximum Gasteiger partial charge on any atom is 0.242 e. The minimum absolute atomic E-state index is 0.0255. The summed E-state index contributed by atoms with van der Waals surface area (Å²) >= 11 is 0. The van der Waals surface area contributed by atoms with Crippen LogP contribution in [0, 0.1) is 5.41 Å². The molecule has 1 atom stereocenters. The third kappa shape index (κ3) is 6.19. The minimum Gasteiger partial charge on any atom is -0.353 e. The van der Waals surface area contributed by atoms with Crippen molar-refractivity contribution in [3.05, 3.63) is 24.0 Å². The molecule has 0 saturated carbocycles. The molecular formula is C21H37N3O2. The van der Waals surface area contributed by atoms with E-state index in [1.807, 2.05) is 62.5 Å². The molecule has 148 valence electrons. The van der Waals surface area contributed by atoms with Crippen LogP contribution in [0.3, 0.4) is 0 Å². The summed E-state index contributed by atoms with van der Waals surface area (Å²) in [5, 5.41) is 0. The topological polar surface area (TPSA) is 45.6 Å². The monoisotopic (exact) mass is 363 g/mol. The lowest BCUT2D eigenvalue weighted by Gasteiger charge is -2.35. The van der Waals surface area contributed by atoms with Crippen molar-refractivity contribution >= 4 is 11.8 Å². The van der Waals surface area contributed by atoms with Crippen LogP contribution in [-0.4, -0.2) is 45.3 Å². The van der Waals surface area contributed by atoms with Crippen LogP contribution >= 0.6 is 0 Å². The standard InChI is InChI=1S/C21H37N3O2/c1-8-10-14-23(15-18-12-11-13-22(18)7)19(25)16-24(17(3)9-2)20(26)21(4,5)6/h11-13,17H,8-10,14-16H2,1-7H3/t17-/m1/s1. The Morgan fingerprint density at radius 3 is 2.35 bits per heavy atom. The molecule has 0 radical (unpaired) electrons. The summed E-state index contributed by atoms with van der Waals surface area (Å²) in [7, 11) is 1.99. The van der Waals surface area contributed by atoms with Gasteiger partial charge in [-0.2, -0.15) is 0 Å². The van der Waals surface area contributed by atoms with E-state index in [0.717, 1.165) is 31.5 Å². The van der Waals surface area contributed by atoms with Crippen LogP contribution < -0.4 is 0 Å². The lowest BCUT2D eigenvalue weighted by atomic mass is 9.93. The van der Waals surface area contributed by atoms with Crippen molar-refractivity contribution < 1.29 is 9.59 Å². The number of aryl methyl sites for hydroxylation is 1. The Morgan fingerprint density at radius 2 is 1.88 bits per heavy atom. The van der Waals surface area contributed by atoms with E-state index >= 15 is 0 Å². The molecule has 0 aromatic carbocycles. The van der Waals surface area contributed by atoms with Crippen molar-refractivity contribution in [2.24, 2.45) is 12.5 Å². The second-order valence-corrected chi connectivity index (χ2v) is 8.22. The predicted octanol–water partition coefficient (Wildman–Crippen LogP) is 3.83. The van der Waals surface area contributed by atoms with E-state index < -0.39 is 5.41 Å². The Bertz CT molecular complexity index is 586. The highest BCUT2D eigenvalue weighted by atomic mass is 16.2. The summed E-state index contributed by atoms with van der Waals surface area (Å²) < 4.78 is 2.04. The van der Waals surface area contributed by atoms with Gasteiger partial charge >= 0.3 is 0 Å². The molecule has 0 aliphatic heterocycles. The van der Waals surface area contributed by atoms with E-state index in [0.29, 0.717) is 6.54 Å². The Balaban J connectivity index is 2.96. The second-order valence-electron chi connectivity index (χ2n) is 8.22. The highest BCUT2D eigenvalue weighted by molar-refractivity contribution is 5.87. The van der Waals surface area contributed by atoms with Gasteiger partial charge < -0.3 is 14.4 Å². The number of amides is 2. The normalized spacial score (nSPS) is 12.7. The maximum absolute atomic E-state index is 13.1. The van der Waals surface area contributed by atoms with Gasteiger partial charge in [0, 0.05) is 36.9 Å². The Morgan fingerprint density at radius 1 is 1.23 bits per heavy atom. The van der Waals surface area contributed by atoms with Crippen molar-refractivity contribution in [1.29, 1.82) is 0 Å². The molecule has 0 fully saturated rings. The van der Waals surface area contributed by atoms with E-state index in [1.54, 1.807) is 4.90 Å². The van der Waals surface area contributed by atoms with Crippen molar-refractivity contribution in [2.75, 3.05) is 13.1 Å². The molecule has 0 aliphatic rings. The van der Waals surface area contributed by atoms with Crippen LogP contribution in [0.1, 0.15) is 66.5 Å². The van der Waals surface area contributed by atoms with Crippen LogP contribution in [0.2, 0.25) is 0 Å². The Labute approximate surface area is 159 Å². The highest BCUT2D eigenvalue weighted by Gasteiger charge is 2.32. The van der Waals surface area contributed by atoms with Crippen LogP contribution in [0.25, 0.3) is 0 Å². The zero-order valence-corrected chi connectivity index (χ0v) is 17.7. The molecule has 1 aromatic rings. The molecule has 2 amide bonds. The maximum atomic E-state index is 13.1. The number of hydrogen-bond donors (Lipinski definition) is 0. The third-order valence-electron chi connectivity index (χ3n) is 4.87. The molecule has 0 N–H and O–H groups in total. The van der Waals surface area contributed by atoms with Gasteiger partial charge in [0.25, 0.3) is 0 Å². The molecule has 5 nitrogen and oxygen atoms in total. The van der Waals surface area contributed by atoms with E-state index in [4.69, 9.17) is 0 Å². The second kappa shape index (κ2) is 9.79. The first-order chi connectivity index (χ1) is 12.1. The summed E-state index contributed by atoms with van der Waals surface area (Å²) in [6, 6.07) is 4.08. The molecule has 0 saturated heterocycles. The van der Waals surface area contributed by atoms with Crippen LogP contribution in [0.4, 0.5) is 0 Å². The summed E-state index contributed by atoms with van der Waals surface area (Å²) in [4.78, 5) is 29.6. The van der Waals surface area contributed by atoms with Gasteiger partial charge in [-0.25, -0.2) is 0 Å². The summed E-state index contributed by atoms with van der Waals surface area (Å²) in [5.41, 5.74) is 0.613. The number of carbonyl (C=O) groups excluding carboxylic acids is 2. The van der Waals surface area contributed by atoms with Crippen molar-refractivity contribution in [2.45, 2.75) is 73.4 Å². The zero-order chi connectivity index (χ0) is 19.9. The highest BCUT2D eigenvalue weighted by Crippen LogP contribution is 2.20. The average molecular weight is 364 g/mol. The number of carbonyl (C=O) groups is 2. The third-order valence-corrected chi connectivity index (χ3v) is 4.87. The van der Waals surface area contributed by atoms with E-state index in [-0.39, 0.29) is 24.4 Å². The fraction of sp³-hybridized carbons (Fsp3) is 0.714. The molecule has 0 unspecified atom stereocenters. The van der Waals surface area contributed by atoms with Gasteiger partial charge in [0.2, 0.25) is 11.8 Å². The van der Waals surface area contributed by atoms with Gasteiger partial charge in [-0.05, 0) is 31.9 Å². The molecule has 0 aliphatic carbocycles. The smallest absolute Gasteiger partial charge is 0.242 e. The van der Waals surface area contributed by atoms with Crippen molar-refractivity contribution in [1.82, 2.24) is 14.4 Å². The first-order valence-corrected chi connectivity index (χ1v) is 9.80. The number of rotatable bonds is 9. The molecule has 5 heteroatoms. The van der Waals surface area contributed by atoms with Crippen LogP contribution in [0.5, 0.6) is 0 Å². The zero-order valence-electron chi connectivity index (χ0n) is 17.7. The summed E-state index contributed by atoms with van der Waals surface area (Å²) in [6.07, 6.45) is 4.83. The number of hydrogen-bond acceptors (Lipinski definition) is 2. The van der Waals surface area contributed by atoms with E-state index in [1.165, 1.54) is 0 Å². The molecular weight excluding hydrogens is 326 g/mol. The van der Waals surface area contributed by atoms with Crippen molar-refractivity contribution in [3.63, 3.8) is 0 Å². The number of unbranched alkanes of at least 4 members (excludes halogenated alkanes) is 1. The quantitative estimate of drug-likeness (QED) is 0.669. The van der Waals surface area contributed by atoms with Crippen LogP contribution in [-0.2, 0) is 23.2 Å². The Hall–Kier alpha value is -1.78. The average Bonchev–Trinajstić information content (AvgIpc) is 2.98. The molecule has 1 rings (SSSR count). The van der Waals surface area contributed by atoms with Gasteiger partial charge in [-0.1, -0.05) is 41.0 Å². The van der Waals surface area contributed by atoms with Gasteiger partial charge in [-0.15, -0.1) is 0 Å². The molecule has 1 heterocycles. The van der Waals surface area contributed by atoms with Gasteiger partial charge in [0.05, 0.1) is 6.54 Å². The van der Waals surface area contributed by atoms with Crippen LogP contribution in [0.15, 0.2) is 18.3 Å². The van der Waals surface area contributed by atoms with E-state index in [9.17, 15) is 9.59 Å². The van der Waals surface area contributed by atoms with Gasteiger partial charge in [-0.3, -0.25) is 9.59 Å². The lowest BCUT2D eigenvalue weighted by Crippen LogP contribution is -2.50. The fourth-order valence-electron chi connectivity index (χ4n) is 2.82. The Kier molecular flexibility index (Phi) is 8.38. The first-order valence-electron chi connectivity index (χ1n) is 9.80. The molecule has 0 bridgehead atoms. The molecule has 0 spiro atoms. The number of aromatic nitrogens is 1. The predicted molar refractivity (Wildman–Crippen MR) is 107 cm³/mol. The van der Waals surface area contributed by atoms with E-state index in [2.05, 4.69) is 13.8 Å². The molecule has 26 heavy (non-hydrogen) atoms. The minimum atomic E-state index is -0.490. The largest absolute Gasteiger partial charge is 0.353 e. The molecule has 1 aromatic heterocycles. The first kappa shape index (κ1) is 22.3. The van der Waals surface area contributed by atoms with Gasteiger partial charge in [0.1, 0.15) is 6.54 Å². The van der Waals surface area contributed by atoms with Gasteiger partial charge in [0.15, 0.2) is 0 Å². The lowest BCUT2D eigenvalue weighted by molar-refractivity contribution is -0.148. The number of nitrogens with zero attached hydrogens (tertiary/aromatic N) is 3. The van der Waals surface area contributed by atoms with Crippen molar-refractivity contribution in [3.8, 4) is 0 Å². The summed E-state index contributed by atoms with van der Waals surface area (Å²) in [5.74, 6) is 0.0621. The fourth-order valence-corrected chi connectivity index (χ4v) is 2.82.